The number of alkyl halides is 1. The summed E-state index contributed by atoms with van der Waals surface area (Å²) in [5, 5.41) is 0. The topological polar surface area (TPSA) is 38.7 Å². The van der Waals surface area contributed by atoms with Crippen molar-refractivity contribution < 1.29 is 9.53 Å². The average molecular weight is 357 g/mol. The van der Waals surface area contributed by atoms with Gasteiger partial charge in [-0.3, -0.25) is 0 Å². The van der Waals surface area contributed by atoms with Crippen LogP contribution in [-0.4, -0.2) is 21.8 Å². The second-order valence-corrected chi connectivity index (χ2v) is 5.70. The van der Waals surface area contributed by atoms with Crippen molar-refractivity contribution in [2.24, 2.45) is 10.9 Å². The number of benzene rings is 1. The summed E-state index contributed by atoms with van der Waals surface area (Å²) in [4.78, 5) is 16.7. The van der Waals surface area contributed by atoms with Crippen LogP contribution in [0.5, 0.6) is 0 Å². The molecule has 0 saturated heterocycles. The van der Waals surface area contributed by atoms with Gasteiger partial charge in [0.2, 0.25) is 5.90 Å². The molecule has 1 heterocycles. The number of halogens is 1. The second-order valence-electron chi connectivity index (χ2n) is 4.94. The molecule has 0 unspecified atom stereocenters. The van der Waals surface area contributed by atoms with Gasteiger partial charge >= 0.3 is 5.97 Å². The van der Waals surface area contributed by atoms with E-state index in [0.29, 0.717) is 16.2 Å². The number of hydrogen-bond acceptors (Lipinski definition) is 3. The maximum Gasteiger partial charge on any atom is 0.341 e. The second kappa shape index (κ2) is 5.38. The first-order valence-corrected chi connectivity index (χ1v) is 7.53. The van der Waals surface area contributed by atoms with Crippen LogP contribution in [0, 0.1) is 5.92 Å². The quantitative estimate of drug-likeness (QED) is 0.472. The molecule has 1 aliphatic rings. The summed E-state index contributed by atoms with van der Waals surface area (Å²) in [6.45, 7) is 4.19. The highest BCUT2D eigenvalue weighted by Crippen LogP contribution is 2.31. The summed E-state index contributed by atoms with van der Waals surface area (Å²) >= 11 is 2.21. The standard InChI is InChI=1S/C14H16INO2/c1-10(2)8-14(9-15)13(17)18-12(16-14)11-6-4-3-5-7-11/h3-7,10H,8-9H2,1-2H3/t14-/m1/s1. The maximum atomic E-state index is 12.1. The molecule has 3 nitrogen and oxygen atoms in total. The number of ether oxygens (including phenoxy) is 1. The largest absolute Gasteiger partial charge is 0.405 e. The van der Waals surface area contributed by atoms with Crippen LogP contribution in [0.4, 0.5) is 0 Å². The van der Waals surface area contributed by atoms with Gasteiger partial charge in [0, 0.05) is 9.99 Å². The molecule has 0 aromatic heterocycles. The summed E-state index contributed by atoms with van der Waals surface area (Å²) in [6, 6.07) is 9.58. The Kier molecular flexibility index (Phi) is 4.04. The minimum atomic E-state index is -0.695. The van der Waals surface area contributed by atoms with E-state index in [9.17, 15) is 4.79 Å². The molecule has 0 spiro atoms. The van der Waals surface area contributed by atoms with Crippen molar-refractivity contribution in [2.75, 3.05) is 4.43 Å². The molecule has 0 N–H and O–H groups in total. The van der Waals surface area contributed by atoms with Crippen LogP contribution >= 0.6 is 22.6 Å². The fraction of sp³-hybridized carbons (Fsp3) is 0.429. The molecule has 0 aliphatic carbocycles. The molecule has 1 aromatic rings. The lowest BCUT2D eigenvalue weighted by Gasteiger charge is -2.20. The van der Waals surface area contributed by atoms with E-state index >= 15 is 0 Å². The fourth-order valence-electron chi connectivity index (χ4n) is 2.09. The number of cyclic esters (lactones) is 1. The smallest absolute Gasteiger partial charge is 0.341 e. The zero-order chi connectivity index (χ0) is 13.2. The predicted molar refractivity (Wildman–Crippen MR) is 80.1 cm³/mol. The highest BCUT2D eigenvalue weighted by atomic mass is 127. The van der Waals surface area contributed by atoms with Gasteiger partial charge in [0.15, 0.2) is 5.54 Å². The fourth-order valence-corrected chi connectivity index (χ4v) is 2.89. The van der Waals surface area contributed by atoms with Crippen LogP contribution in [0.2, 0.25) is 0 Å². The van der Waals surface area contributed by atoms with Gasteiger partial charge in [-0.25, -0.2) is 9.79 Å². The molecular weight excluding hydrogens is 341 g/mol. The highest BCUT2D eigenvalue weighted by molar-refractivity contribution is 14.1. The van der Waals surface area contributed by atoms with E-state index in [1.807, 2.05) is 30.3 Å². The van der Waals surface area contributed by atoms with Gasteiger partial charge in [0.05, 0.1) is 0 Å². The normalized spacial score (nSPS) is 23.1. The summed E-state index contributed by atoms with van der Waals surface area (Å²) in [7, 11) is 0. The zero-order valence-corrected chi connectivity index (χ0v) is 12.7. The molecular formula is C14H16INO2. The molecule has 1 aliphatic heterocycles. The number of nitrogens with zero attached hydrogens (tertiary/aromatic N) is 1. The van der Waals surface area contributed by atoms with E-state index in [2.05, 4.69) is 41.4 Å². The Morgan fingerprint density at radius 2 is 2.00 bits per heavy atom. The summed E-state index contributed by atoms with van der Waals surface area (Å²) < 4.78 is 6.01. The van der Waals surface area contributed by atoms with E-state index in [1.165, 1.54) is 0 Å². The van der Waals surface area contributed by atoms with Crippen LogP contribution in [0.3, 0.4) is 0 Å². The first kappa shape index (κ1) is 13.5. The third kappa shape index (κ3) is 2.58. The number of rotatable bonds is 4. The molecule has 0 bridgehead atoms. The number of aliphatic imine (C=N–C) groups is 1. The third-order valence-corrected chi connectivity index (χ3v) is 4.13. The SMILES string of the molecule is CC(C)C[C@]1(CI)N=C(c2ccccc2)OC1=O. The molecule has 2 rings (SSSR count). The Morgan fingerprint density at radius 3 is 2.56 bits per heavy atom. The number of carbonyl (C=O) groups is 1. The minimum Gasteiger partial charge on any atom is -0.405 e. The van der Waals surface area contributed by atoms with Gasteiger partial charge in [-0.2, -0.15) is 0 Å². The van der Waals surface area contributed by atoms with Crippen LogP contribution < -0.4 is 0 Å². The van der Waals surface area contributed by atoms with Gasteiger partial charge in [-0.05, 0) is 24.5 Å². The summed E-state index contributed by atoms with van der Waals surface area (Å²) in [6.07, 6.45) is 0.727. The molecule has 1 aromatic carbocycles. The van der Waals surface area contributed by atoms with Gasteiger partial charge in [-0.15, -0.1) is 0 Å². The average Bonchev–Trinajstić information content (AvgIpc) is 2.68. The van der Waals surface area contributed by atoms with Crippen LogP contribution in [0.1, 0.15) is 25.8 Å². The van der Waals surface area contributed by atoms with Crippen molar-refractivity contribution >= 4 is 34.5 Å². The van der Waals surface area contributed by atoms with Crippen molar-refractivity contribution in [2.45, 2.75) is 25.8 Å². The van der Waals surface area contributed by atoms with Gasteiger partial charge in [0.25, 0.3) is 0 Å². The van der Waals surface area contributed by atoms with Gasteiger partial charge in [0.1, 0.15) is 0 Å². The molecule has 1 atom stereocenters. The molecule has 0 fully saturated rings. The molecule has 18 heavy (non-hydrogen) atoms. The van der Waals surface area contributed by atoms with Gasteiger partial charge in [-0.1, -0.05) is 54.6 Å². The Bertz CT molecular complexity index is 470. The van der Waals surface area contributed by atoms with E-state index in [1.54, 1.807) is 0 Å². The molecule has 0 radical (unpaired) electrons. The van der Waals surface area contributed by atoms with Crippen molar-refractivity contribution in [1.82, 2.24) is 0 Å². The lowest BCUT2D eigenvalue weighted by Crippen LogP contribution is -2.37. The minimum absolute atomic E-state index is 0.218. The van der Waals surface area contributed by atoms with E-state index in [0.717, 1.165) is 12.0 Å². The van der Waals surface area contributed by atoms with E-state index < -0.39 is 5.54 Å². The van der Waals surface area contributed by atoms with Crippen LogP contribution in [0.25, 0.3) is 0 Å². The van der Waals surface area contributed by atoms with Crippen molar-refractivity contribution in [3.05, 3.63) is 35.9 Å². The molecule has 96 valence electrons. The Morgan fingerprint density at radius 1 is 1.33 bits per heavy atom. The molecule has 0 saturated carbocycles. The zero-order valence-electron chi connectivity index (χ0n) is 10.5. The summed E-state index contributed by atoms with van der Waals surface area (Å²) in [5.41, 5.74) is 0.168. The first-order valence-electron chi connectivity index (χ1n) is 6.01. The third-order valence-electron chi connectivity index (χ3n) is 2.87. The number of hydrogen-bond donors (Lipinski definition) is 0. The van der Waals surface area contributed by atoms with Crippen molar-refractivity contribution in [3.8, 4) is 0 Å². The first-order chi connectivity index (χ1) is 8.57. The lowest BCUT2D eigenvalue weighted by molar-refractivity contribution is -0.138. The number of esters is 1. The summed E-state index contributed by atoms with van der Waals surface area (Å²) in [5.74, 6) is 0.647. The Hall–Kier alpha value is -0.910. The van der Waals surface area contributed by atoms with E-state index in [-0.39, 0.29) is 5.97 Å². The Labute approximate surface area is 121 Å². The molecule has 4 heteroatoms. The molecule has 0 amide bonds. The predicted octanol–water partition coefficient (Wildman–Crippen LogP) is 3.21. The van der Waals surface area contributed by atoms with Crippen molar-refractivity contribution in [1.29, 1.82) is 0 Å². The van der Waals surface area contributed by atoms with E-state index in [4.69, 9.17) is 4.74 Å². The van der Waals surface area contributed by atoms with Crippen molar-refractivity contribution in [3.63, 3.8) is 0 Å². The lowest BCUT2D eigenvalue weighted by atomic mass is 9.92. The van der Waals surface area contributed by atoms with Crippen LogP contribution in [0.15, 0.2) is 35.3 Å². The maximum absolute atomic E-state index is 12.1. The number of carbonyl (C=O) groups excluding carboxylic acids is 1. The highest BCUT2D eigenvalue weighted by Gasteiger charge is 2.45. The Balaban J connectivity index is 2.33. The van der Waals surface area contributed by atoms with Gasteiger partial charge < -0.3 is 4.74 Å². The monoisotopic (exact) mass is 357 g/mol. The van der Waals surface area contributed by atoms with Crippen LogP contribution in [-0.2, 0) is 9.53 Å².